The molecule has 0 rings (SSSR count). The molecule has 0 aromatic rings. The number of rotatable bonds is 24. The Morgan fingerprint density at radius 2 is 0.667 bits per heavy atom. The molecule has 1 nitrogen and oxygen atoms in total. The van der Waals surface area contributed by atoms with E-state index in [0.717, 1.165) is 13.2 Å². The van der Waals surface area contributed by atoms with E-state index in [1.807, 2.05) is 0 Å². The van der Waals surface area contributed by atoms with E-state index in [9.17, 15) is 0 Å². The van der Waals surface area contributed by atoms with E-state index in [-0.39, 0.29) is 21.1 Å². The summed E-state index contributed by atoms with van der Waals surface area (Å²) < 4.78 is 8.97. The Morgan fingerprint density at radius 3 is 1.00 bits per heavy atom. The molecule has 0 spiro atoms. The summed E-state index contributed by atoms with van der Waals surface area (Å²) in [5, 5.41) is 0. The fourth-order valence-corrected chi connectivity index (χ4v) is 7.67. The first-order valence-corrected chi connectivity index (χ1v) is 18.1. The van der Waals surface area contributed by atoms with Gasteiger partial charge in [0.15, 0.2) is 0 Å². The summed E-state index contributed by atoms with van der Waals surface area (Å²) in [6, 6.07) is 0. The van der Waals surface area contributed by atoms with E-state index in [1.165, 1.54) is 128 Å². The summed E-state index contributed by atoms with van der Waals surface area (Å²) in [5.74, 6) is 0. The van der Waals surface area contributed by atoms with Gasteiger partial charge in [0.2, 0.25) is 0 Å². The summed E-state index contributed by atoms with van der Waals surface area (Å²) >= 11 is 0.149. The molecule has 0 aromatic heterocycles. The molecule has 0 amide bonds. The average Bonchev–Trinajstić information content (AvgIpc) is 2.76. The van der Waals surface area contributed by atoms with Crippen LogP contribution in [0.2, 0.25) is 8.87 Å². The first-order valence-electron chi connectivity index (χ1n) is 14.1. The van der Waals surface area contributed by atoms with Gasteiger partial charge in [0.25, 0.3) is 0 Å². The van der Waals surface area contributed by atoms with Crippen LogP contribution in [-0.2, 0) is 4.74 Å². The number of hydrogen-bond donors (Lipinski definition) is 0. The summed E-state index contributed by atoms with van der Waals surface area (Å²) in [4.78, 5) is 0. The number of unbranched alkanes of at least 4 members (excludes halogenated alkanes) is 16. The van der Waals surface area contributed by atoms with Crippen LogP contribution in [0, 0.1) is 0 Å². The zero-order valence-corrected chi connectivity index (χ0v) is 24.7. The van der Waals surface area contributed by atoms with Crippen molar-refractivity contribution in [2.24, 2.45) is 0 Å². The Kier molecular flexibility index (Phi) is 37.7. The quantitative estimate of drug-likeness (QED) is 0.0889. The first-order chi connectivity index (χ1) is 14.8. The molecular formula is C28H60OSn. The molecule has 182 valence electrons. The molecule has 0 saturated carbocycles. The molecule has 2 radical (unpaired) electrons. The van der Waals surface area contributed by atoms with Gasteiger partial charge in [-0.25, -0.2) is 0 Å². The molecule has 0 N–H and O–H groups in total. The van der Waals surface area contributed by atoms with Crippen molar-refractivity contribution in [3.05, 3.63) is 0 Å². The summed E-state index contributed by atoms with van der Waals surface area (Å²) in [6.07, 6.45) is 28.1. The van der Waals surface area contributed by atoms with Crippen molar-refractivity contribution in [2.45, 2.75) is 165 Å². The van der Waals surface area contributed by atoms with E-state index in [0.29, 0.717) is 0 Å². The van der Waals surface area contributed by atoms with Crippen LogP contribution in [0.15, 0.2) is 0 Å². The second kappa shape index (κ2) is 34.4. The van der Waals surface area contributed by atoms with E-state index < -0.39 is 0 Å². The fourth-order valence-electron chi connectivity index (χ4n) is 3.51. The molecule has 0 saturated heterocycles. The maximum absolute atomic E-state index is 5.72. The summed E-state index contributed by atoms with van der Waals surface area (Å²) in [6.45, 7) is 11.1. The van der Waals surface area contributed by atoms with Crippen molar-refractivity contribution >= 4 is 21.1 Å². The van der Waals surface area contributed by atoms with Crippen molar-refractivity contribution in [3.63, 3.8) is 0 Å². The molecule has 0 aliphatic rings. The van der Waals surface area contributed by atoms with Crippen LogP contribution >= 0.6 is 0 Å². The second-order valence-electron chi connectivity index (χ2n) is 9.02. The normalized spacial score (nSPS) is 10.8. The van der Waals surface area contributed by atoms with Gasteiger partial charge in [-0.05, 0) is 12.8 Å². The molecule has 2 heteroatoms. The van der Waals surface area contributed by atoms with Gasteiger partial charge in [0, 0.05) is 13.2 Å². The van der Waals surface area contributed by atoms with Crippen LogP contribution in [0.25, 0.3) is 0 Å². The Labute approximate surface area is 203 Å². The molecule has 0 aliphatic carbocycles. The van der Waals surface area contributed by atoms with Crippen molar-refractivity contribution in [2.75, 3.05) is 13.2 Å². The summed E-state index contributed by atoms with van der Waals surface area (Å²) in [7, 11) is 0. The molecule has 0 atom stereocenters. The minimum atomic E-state index is 0.149. The molecular weight excluding hydrogens is 471 g/mol. The molecule has 0 fully saturated rings. The fraction of sp³-hybridized carbons (Fsp3) is 1.00. The van der Waals surface area contributed by atoms with Crippen LogP contribution < -0.4 is 0 Å². The van der Waals surface area contributed by atoms with Crippen LogP contribution in [0.4, 0.5) is 0 Å². The predicted octanol–water partition coefficient (Wildman–Crippen LogP) is 10.4. The average molecular weight is 531 g/mol. The second-order valence-corrected chi connectivity index (χ2v) is 13.3. The maximum atomic E-state index is 5.72. The number of ether oxygens (including phenoxy) is 1. The monoisotopic (exact) mass is 532 g/mol. The van der Waals surface area contributed by atoms with Crippen LogP contribution in [-0.4, -0.2) is 34.4 Å². The third-order valence-corrected chi connectivity index (χ3v) is 9.73. The van der Waals surface area contributed by atoms with Crippen molar-refractivity contribution in [1.29, 1.82) is 0 Å². The van der Waals surface area contributed by atoms with Crippen molar-refractivity contribution in [1.82, 2.24) is 0 Å². The standard InChI is InChI=1S/C20H42O.2C4H9.Sn/c1-3-5-7-9-11-13-15-17-19-21-20-18-16-14-12-10-8-6-4-2;2*1-3-4-2;/h3-20H2,1-2H3;2*1,3-4H2,2H3;. The van der Waals surface area contributed by atoms with Crippen LogP contribution in [0.5, 0.6) is 0 Å². The van der Waals surface area contributed by atoms with E-state index in [2.05, 4.69) is 27.7 Å². The van der Waals surface area contributed by atoms with E-state index >= 15 is 0 Å². The van der Waals surface area contributed by atoms with Gasteiger partial charge in [-0.1, -0.05) is 104 Å². The van der Waals surface area contributed by atoms with Gasteiger partial charge < -0.3 is 4.74 Å². The zero-order chi connectivity index (χ0) is 22.4. The predicted molar refractivity (Wildman–Crippen MR) is 141 cm³/mol. The van der Waals surface area contributed by atoms with Crippen LogP contribution in [0.3, 0.4) is 0 Å². The van der Waals surface area contributed by atoms with Gasteiger partial charge in [-0.2, -0.15) is 0 Å². The SMILES string of the molecule is CCCCCCCCCCOCCCCCCCCCC.CCC[CH2][Sn][CH2]CCC. The van der Waals surface area contributed by atoms with E-state index in [4.69, 9.17) is 4.74 Å². The molecule has 0 unspecified atom stereocenters. The van der Waals surface area contributed by atoms with E-state index in [1.54, 1.807) is 8.87 Å². The number of hydrogen-bond acceptors (Lipinski definition) is 1. The van der Waals surface area contributed by atoms with Gasteiger partial charge in [-0.3, -0.25) is 0 Å². The first kappa shape index (κ1) is 32.9. The van der Waals surface area contributed by atoms with Gasteiger partial charge in [0.1, 0.15) is 0 Å². The molecule has 0 aliphatic heterocycles. The minimum absolute atomic E-state index is 0.149. The van der Waals surface area contributed by atoms with Gasteiger partial charge in [-0.15, -0.1) is 0 Å². The molecule has 0 heterocycles. The zero-order valence-electron chi connectivity index (χ0n) is 21.9. The Bertz CT molecular complexity index is 233. The Hall–Kier alpha value is 0.759. The van der Waals surface area contributed by atoms with Crippen molar-refractivity contribution in [3.8, 4) is 0 Å². The molecule has 30 heavy (non-hydrogen) atoms. The van der Waals surface area contributed by atoms with Gasteiger partial charge in [0.05, 0.1) is 0 Å². The third kappa shape index (κ3) is 36.2. The molecule has 0 bridgehead atoms. The Morgan fingerprint density at radius 1 is 0.367 bits per heavy atom. The topological polar surface area (TPSA) is 9.23 Å². The summed E-state index contributed by atoms with van der Waals surface area (Å²) in [5.41, 5.74) is 0. The third-order valence-electron chi connectivity index (χ3n) is 5.70. The van der Waals surface area contributed by atoms with Gasteiger partial charge >= 0.3 is 69.5 Å². The molecule has 0 aromatic carbocycles. The Balaban J connectivity index is 0. The van der Waals surface area contributed by atoms with Crippen LogP contribution in [0.1, 0.15) is 156 Å². The van der Waals surface area contributed by atoms with Crippen molar-refractivity contribution < 1.29 is 4.74 Å².